The molecule has 4 N–H and O–H groups in total. The number of aromatic nitrogens is 3. The van der Waals surface area contributed by atoms with E-state index in [0.29, 0.717) is 12.6 Å². The Morgan fingerprint density at radius 2 is 1.95 bits per heavy atom. The van der Waals surface area contributed by atoms with Crippen LogP contribution in [0.25, 0.3) is 0 Å². The molecule has 7 nitrogen and oxygen atoms in total. The molecule has 0 unspecified atom stereocenters. The fourth-order valence-electron chi connectivity index (χ4n) is 1.38. The van der Waals surface area contributed by atoms with Gasteiger partial charge in [-0.05, 0) is 41.1 Å². The van der Waals surface area contributed by atoms with Crippen molar-refractivity contribution in [1.29, 1.82) is 0 Å². The average molecular weight is 404 g/mol. The number of ether oxygens (including phenoxy) is 1. The molecule has 0 fully saturated rings. The topological polar surface area (TPSA) is 98.0 Å². The lowest BCUT2D eigenvalue weighted by Gasteiger charge is -2.10. The lowest BCUT2D eigenvalue weighted by atomic mass is 10.3. The van der Waals surface area contributed by atoms with Crippen LogP contribution in [0, 0.1) is 0 Å². The average Bonchev–Trinajstić information content (AvgIpc) is 2.42. The second-order valence-corrected chi connectivity index (χ2v) is 5.36. The SMILES string of the molecule is CCOc1nc(NN)nc(Nc2ccc(Br)cc2Br)n1. The van der Waals surface area contributed by atoms with Gasteiger partial charge in [-0.2, -0.15) is 15.0 Å². The second kappa shape index (κ2) is 6.82. The maximum absolute atomic E-state index is 5.33. The van der Waals surface area contributed by atoms with E-state index >= 15 is 0 Å². The number of hydrogen-bond donors (Lipinski definition) is 3. The quantitative estimate of drug-likeness (QED) is 0.521. The van der Waals surface area contributed by atoms with Crippen LogP contribution in [0.4, 0.5) is 17.6 Å². The monoisotopic (exact) mass is 402 g/mol. The molecule has 0 bridgehead atoms. The zero-order chi connectivity index (χ0) is 14.5. The van der Waals surface area contributed by atoms with Crippen molar-refractivity contribution in [1.82, 2.24) is 15.0 Å². The minimum absolute atomic E-state index is 0.200. The van der Waals surface area contributed by atoms with Crippen LogP contribution in [-0.2, 0) is 0 Å². The van der Waals surface area contributed by atoms with Crippen molar-refractivity contribution in [2.45, 2.75) is 6.92 Å². The van der Waals surface area contributed by atoms with Gasteiger partial charge in [0.2, 0.25) is 11.9 Å². The van der Waals surface area contributed by atoms with E-state index in [0.717, 1.165) is 14.6 Å². The smallest absolute Gasteiger partial charge is 0.323 e. The van der Waals surface area contributed by atoms with Crippen molar-refractivity contribution in [2.75, 3.05) is 17.3 Å². The first kappa shape index (κ1) is 14.9. The molecule has 0 amide bonds. The van der Waals surface area contributed by atoms with Crippen molar-refractivity contribution in [2.24, 2.45) is 5.84 Å². The number of rotatable bonds is 5. The Hall–Kier alpha value is -1.45. The molecule has 2 aromatic rings. The first-order chi connectivity index (χ1) is 9.62. The molecule has 106 valence electrons. The minimum Gasteiger partial charge on any atom is -0.464 e. The standard InChI is InChI=1S/C11H12Br2N6O/c1-2-20-11-17-9(16-10(18-11)19-14)15-8-4-3-6(12)5-7(8)13/h3-5H,2,14H2,1H3,(H2,15,16,17,18,19). The van der Waals surface area contributed by atoms with Crippen molar-refractivity contribution >= 4 is 49.4 Å². The molecule has 0 saturated carbocycles. The summed E-state index contributed by atoms with van der Waals surface area (Å²) in [5, 5.41) is 3.07. The lowest BCUT2D eigenvalue weighted by molar-refractivity contribution is 0.312. The molecule has 9 heteroatoms. The van der Waals surface area contributed by atoms with Gasteiger partial charge in [0, 0.05) is 8.95 Å². The highest BCUT2D eigenvalue weighted by Crippen LogP contribution is 2.28. The van der Waals surface area contributed by atoms with Crippen LogP contribution in [-0.4, -0.2) is 21.6 Å². The zero-order valence-corrected chi connectivity index (χ0v) is 13.7. The predicted molar refractivity (Wildman–Crippen MR) is 83.9 cm³/mol. The summed E-state index contributed by atoms with van der Waals surface area (Å²) in [7, 11) is 0. The number of halogens is 2. The minimum atomic E-state index is 0.200. The molecule has 2 rings (SSSR count). The van der Waals surface area contributed by atoms with E-state index in [1.807, 2.05) is 25.1 Å². The highest BCUT2D eigenvalue weighted by molar-refractivity contribution is 9.11. The third-order valence-electron chi connectivity index (χ3n) is 2.20. The molecule has 0 aliphatic rings. The number of anilines is 3. The summed E-state index contributed by atoms with van der Waals surface area (Å²) in [6.07, 6.45) is 0. The van der Waals surface area contributed by atoms with Crippen LogP contribution in [0.3, 0.4) is 0 Å². The fraction of sp³-hybridized carbons (Fsp3) is 0.182. The Balaban J connectivity index is 2.29. The highest BCUT2D eigenvalue weighted by Gasteiger charge is 2.08. The van der Waals surface area contributed by atoms with Gasteiger partial charge in [0.1, 0.15) is 0 Å². The Kier molecular flexibility index (Phi) is 5.10. The lowest BCUT2D eigenvalue weighted by Crippen LogP contribution is -2.13. The molecule has 0 atom stereocenters. The molecule has 20 heavy (non-hydrogen) atoms. The largest absolute Gasteiger partial charge is 0.464 e. The van der Waals surface area contributed by atoms with Crippen LogP contribution < -0.4 is 21.3 Å². The Morgan fingerprint density at radius 1 is 1.20 bits per heavy atom. The zero-order valence-electron chi connectivity index (χ0n) is 10.5. The van der Waals surface area contributed by atoms with Crippen LogP contribution in [0.2, 0.25) is 0 Å². The molecule has 0 aliphatic heterocycles. The first-order valence-corrected chi connectivity index (χ1v) is 7.28. The van der Waals surface area contributed by atoms with E-state index in [9.17, 15) is 0 Å². The van der Waals surface area contributed by atoms with Gasteiger partial charge in [0.15, 0.2) is 0 Å². The number of hydrazine groups is 1. The molecular formula is C11H12Br2N6O. The van der Waals surface area contributed by atoms with Gasteiger partial charge in [0.25, 0.3) is 0 Å². The second-order valence-electron chi connectivity index (χ2n) is 3.59. The molecular weight excluding hydrogens is 392 g/mol. The number of hydrogen-bond acceptors (Lipinski definition) is 7. The summed E-state index contributed by atoms with van der Waals surface area (Å²) >= 11 is 6.85. The summed E-state index contributed by atoms with van der Waals surface area (Å²) in [6, 6.07) is 5.90. The Labute approximate surface area is 132 Å². The van der Waals surface area contributed by atoms with Crippen LogP contribution in [0.5, 0.6) is 6.01 Å². The van der Waals surface area contributed by atoms with Gasteiger partial charge >= 0.3 is 6.01 Å². The molecule has 0 radical (unpaired) electrons. The van der Waals surface area contributed by atoms with E-state index in [4.69, 9.17) is 10.6 Å². The molecule has 0 saturated heterocycles. The maximum Gasteiger partial charge on any atom is 0.323 e. The van der Waals surface area contributed by atoms with Crippen LogP contribution in [0.15, 0.2) is 27.1 Å². The maximum atomic E-state index is 5.33. The van der Waals surface area contributed by atoms with Crippen LogP contribution >= 0.6 is 31.9 Å². The number of nitrogen functional groups attached to an aromatic ring is 1. The number of nitrogens with two attached hydrogens (primary N) is 1. The number of benzene rings is 1. The van der Waals surface area contributed by atoms with Gasteiger partial charge in [0.05, 0.1) is 12.3 Å². The third-order valence-corrected chi connectivity index (χ3v) is 3.34. The summed E-state index contributed by atoms with van der Waals surface area (Å²) in [5.41, 5.74) is 3.18. The molecule has 0 spiro atoms. The molecule has 1 aromatic heterocycles. The molecule has 0 aliphatic carbocycles. The molecule has 1 heterocycles. The van der Waals surface area contributed by atoms with Crippen molar-refractivity contribution in [3.8, 4) is 6.01 Å². The summed E-state index contributed by atoms with van der Waals surface area (Å²) in [6.45, 7) is 2.30. The van der Waals surface area contributed by atoms with E-state index < -0.39 is 0 Å². The van der Waals surface area contributed by atoms with E-state index in [1.165, 1.54) is 0 Å². The summed E-state index contributed by atoms with van der Waals surface area (Å²) < 4.78 is 7.09. The fourth-order valence-corrected chi connectivity index (χ4v) is 2.53. The van der Waals surface area contributed by atoms with Gasteiger partial charge in [-0.1, -0.05) is 15.9 Å². The summed E-state index contributed by atoms with van der Waals surface area (Å²) in [5.74, 6) is 5.88. The van der Waals surface area contributed by atoms with Crippen molar-refractivity contribution in [3.63, 3.8) is 0 Å². The normalized spacial score (nSPS) is 10.2. The third kappa shape index (κ3) is 3.78. The number of nitrogens with one attached hydrogen (secondary N) is 2. The predicted octanol–water partition coefficient (Wildman–Crippen LogP) is 2.82. The van der Waals surface area contributed by atoms with Gasteiger partial charge < -0.3 is 10.1 Å². The Morgan fingerprint density at radius 3 is 2.60 bits per heavy atom. The van der Waals surface area contributed by atoms with E-state index in [-0.39, 0.29) is 12.0 Å². The first-order valence-electron chi connectivity index (χ1n) is 5.70. The van der Waals surface area contributed by atoms with Crippen LogP contribution in [0.1, 0.15) is 6.92 Å². The highest BCUT2D eigenvalue weighted by atomic mass is 79.9. The van der Waals surface area contributed by atoms with Crippen molar-refractivity contribution in [3.05, 3.63) is 27.1 Å². The van der Waals surface area contributed by atoms with Gasteiger partial charge in [-0.3, -0.25) is 5.43 Å². The van der Waals surface area contributed by atoms with Crippen molar-refractivity contribution < 1.29 is 4.74 Å². The summed E-state index contributed by atoms with van der Waals surface area (Å²) in [4.78, 5) is 12.2. The molecule has 1 aromatic carbocycles. The van der Waals surface area contributed by atoms with E-state index in [1.54, 1.807) is 0 Å². The van der Waals surface area contributed by atoms with E-state index in [2.05, 4.69) is 57.6 Å². The Bertz CT molecular complexity index is 609. The number of nitrogens with zero attached hydrogens (tertiary/aromatic N) is 3. The van der Waals surface area contributed by atoms with Gasteiger partial charge in [-0.15, -0.1) is 0 Å². The van der Waals surface area contributed by atoms with Gasteiger partial charge in [-0.25, -0.2) is 5.84 Å².